The largest absolute Gasteiger partial charge is 0.486 e. The van der Waals surface area contributed by atoms with Crippen LogP contribution in [0.5, 0.6) is 0 Å². The molecule has 0 saturated carbocycles. The van der Waals surface area contributed by atoms with Gasteiger partial charge in [0.1, 0.15) is 17.3 Å². The maximum Gasteiger partial charge on any atom is 0.292 e. The number of carbonyl (C=O) groups is 1. The number of amides is 1. The molecule has 124 valence electrons. The van der Waals surface area contributed by atoms with Crippen molar-refractivity contribution in [1.29, 1.82) is 0 Å². The average molecular weight is 347 g/mol. The van der Waals surface area contributed by atoms with E-state index < -0.39 is 21.6 Å². The lowest BCUT2D eigenvalue weighted by molar-refractivity contribution is -0.116. The third-order valence-electron chi connectivity index (χ3n) is 3.48. The van der Waals surface area contributed by atoms with Gasteiger partial charge in [0, 0.05) is 0 Å². The van der Waals surface area contributed by atoms with Gasteiger partial charge in [0.2, 0.25) is 5.76 Å². The van der Waals surface area contributed by atoms with E-state index in [1.54, 1.807) is 36.4 Å². The van der Waals surface area contributed by atoms with Crippen LogP contribution in [0.1, 0.15) is 5.56 Å². The molecule has 2 aromatic carbocycles. The molecule has 24 heavy (non-hydrogen) atoms. The number of sulfone groups is 1. The van der Waals surface area contributed by atoms with Crippen LogP contribution in [-0.4, -0.2) is 26.7 Å². The molecule has 1 aliphatic heterocycles. The van der Waals surface area contributed by atoms with E-state index >= 15 is 0 Å². The zero-order valence-electron chi connectivity index (χ0n) is 12.5. The van der Waals surface area contributed by atoms with Gasteiger partial charge < -0.3 is 10.1 Å². The fourth-order valence-electron chi connectivity index (χ4n) is 2.37. The molecule has 1 amide bonds. The number of rotatable bonds is 3. The number of nitrogens with one attached hydrogen (secondary N) is 1. The molecule has 5 nitrogen and oxygen atoms in total. The van der Waals surface area contributed by atoms with Gasteiger partial charge in [0.15, 0.2) is 9.84 Å². The molecule has 0 unspecified atom stereocenters. The lowest BCUT2D eigenvalue weighted by atomic mass is 10.2. The molecule has 3 rings (SSSR count). The Bertz CT molecular complexity index is 907. The number of hydrogen-bond acceptors (Lipinski definition) is 4. The summed E-state index contributed by atoms with van der Waals surface area (Å²) < 4.78 is 43.9. The van der Waals surface area contributed by atoms with Crippen molar-refractivity contribution in [3.05, 3.63) is 71.7 Å². The Kier molecular flexibility index (Phi) is 4.35. The molecule has 1 N–H and O–H groups in total. The molecule has 1 aliphatic rings. The van der Waals surface area contributed by atoms with Gasteiger partial charge in [-0.2, -0.15) is 0 Å². The van der Waals surface area contributed by atoms with E-state index in [1.807, 2.05) is 0 Å². The average Bonchev–Trinajstić information content (AvgIpc) is 2.56. The number of hydrogen-bond donors (Lipinski definition) is 1. The van der Waals surface area contributed by atoms with E-state index in [4.69, 9.17) is 4.74 Å². The van der Waals surface area contributed by atoms with Crippen molar-refractivity contribution < 1.29 is 22.3 Å². The van der Waals surface area contributed by atoms with Crippen LogP contribution in [0.4, 0.5) is 10.1 Å². The first-order chi connectivity index (χ1) is 11.5. The van der Waals surface area contributed by atoms with Crippen LogP contribution >= 0.6 is 0 Å². The monoisotopic (exact) mass is 347 g/mol. The second-order valence-corrected chi connectivity index (χ2v) is 7.17. The minimum Gasteiger partial charge on any atom is -0.486 e. The van der Waals surface area contributed by atoms with Crippen LogP contribution in [0.25, 0.3) is 4.91 Å². The van der Waals surface area contributed by atoms with E-state index in [1.165, 1.54) is 18.2 Å². The quantitative estimate of drug-likeness (QED) is 0.926. The number of anilines is 1. The maximum absolute atomic E-state index is 13.7. The highest BCUT2D eigenvalue weighted by molar-refractivity contribution is 8.00. The topological polar surface area (TPSA) is 72.5 Å². The molecule has 0 radical (unpaired) electrons. The highest BCUT2D eigenvalue weighted by Gasteiger charge is 2.33. The highest BCUT2D eigenvalue weighted by atomic mass is 32.2. The van der Waals surface area contributed by atoms with Crippen LogP contribution in [0.2, 0.25) is 0 Å². The molecular formula is C17H14FNO4S. The minimum absolute atomic E-state index is 0.0472. The SMILES string of the molecule is O=C(Nc1ccccc1F)C1=C(c2ccccc2)S(=O)(=O)CCO1. The smallest absolute Gasteiger partial charge is 0.292 e. The number of ether oxygens (including phenoxy) is 1. The summed E-state index contributed by atoms with van der Waals surface area (Å²) in [6, 6.07) is 13.9. The second kappa shape index (κ2) is 6.45. The van der Waals surface area contributed by atoms with Gasteiger partial charge in [-0.05, 0) is 17.7 Å². The fraction of sp³-hybridized carbons (Fsp3) is 0.118. The van der Waals surface area contributed by atoms with Crippen molar-refractivity contribution in [2.75, 3.05) is 17.7 Å². The van der Waals surface area contributed by atoms with E-state index in [0.29, 0.717) is 5.56 Å². The number of halogens is 1. The standard InChI is InChI=1S/C17H14FNO4S/c18-13-8-4-5-9-14(13)19-17(20)15-16(12-6-2-1-3-7-12)24(21,22)11-10-23-15/h1-9H,10-11H2,(H,19,20). The van der Waals surface area contributed by atoms with Gasteiger partial charge in [-0.1, -0.05) is 42.5 Å². The number of carbonyl (C=O) groups excluding carboxylic acids is 1. The summed E-state index contributed by atoms with van der Waals surface area (Å²) in [4.78, 5) is 12.3. The van der Waals surface area contributed by atoms with E-state index in [9.17, 15) is 17.6 Å². The maximum atomic E-state index is 13.7. The summed E-state index contributed by atoms with van der Waals surface area (Å²) >= 11 is 0. The summed E-state index contributed by atoms with van der Waals surface area (Å²) in [5.74, 6) is -1.96. The molecule has 7 heteroatoms. The van der Waals surface area contributed by atoms with E-state index in [0.717, 1.165) is 0 Å². The van der Waals surface area contributed by atoms with Gasteiger partial charge in [0.25, 0.3) is 5.91 Å². The van der Waals surface area contributed by atoms with Crippen LogP contribution in [0, 0.1) is 5.82 Å². The Balaban J connectivity index is 2.06. The lowest BCUT2D eigenvalue weighted by Gasteiger charge is -2.21. The molecule has 1 heterocycles. The van der Waals surface area contributed by atoms with Crippen LogP contribution in [0.15, 0.2) is 60.4 Å². The van der Waals surface area contributed by atoms with Crippen LogP contribution in [-0.2, 0) is 19.4 Å². The third kappa shape index (κ3) is 3.16. The number of para-hydroxylation sites is 1. The Labute approximate surface area is 138 Å². The zero-order chi connectivity index (χ0) is 17.2. The van der Waals surface area contributed by atoms with Gasteiger partial charge in [0.05, 0.1) is 11.4 Å². The Morgan fingerprint density at radius 3 is 2.42 bits per heavy atom. The van der Waals surface area contributed by atoms with Crippen LogP contribution in [0.3, 0.4) is 0 Å². The molecule has 0 saturated heterocycles. The molecule has 0 fully saturated rings. The predicted octanol–water partition coefficient (Wildman–Crippen LogP) is 2.58. The third-order valence-corrected chi connectivity index (χ3v) is 5.23. The molecule has 0 aromatic heterocycles. The first-order valence-corrected chi connectivity index (χ1v) is 8.85. The van der Waals surface area contributed by atoms with Crippen molar-refractivity contribution >= 4 is 26.3 Å². The Hall–Kier alpha value is -2.67. The van der Waals surface area contributed by atoms with Crippen molar-refractivity contribution in [2.24, 2.45) is 0 Å². The number of benzene rings is 2. The summed E-state index contributed by atoms with van der Waals surface area (Å²) in [6.07, 6.45) is 0. The normalized spacial score (nSPS) is 16.4. The molecule has 0 bridgehead atoms. The van der Waals surface area contributed by atoms with Gasteiger partial charge in [-0.15, -0.1) is 0 Å². The Morgan fingerprint density at radius 1 is 1.04 bits per heavy atom. The molecular weight excluding hydrogens is 333 g/mol. The molecule has 0 spiro atoms. The fourth-order valence-corrected chi connectivity index (χ4v) is 3.81. The first kappa shape index (κ1) is 16.2. The first-order valence-electron chi connectivity index (χ1n) is 7.20. The van der Waals surface area contributed by atoms with Gasteiger partial charge >= 0.3 is 0 Å². The van der Waals surface area contributed by atoms with Crippen molar-refractivity contribution in [3.63, 3.8) is 0 Å². The van der Waals surface area contributed by atoms with Crippen LogP contribution < -0.4 is 5.32 Å². The zero-order valence-corrected chi connectivity index (χ0v) is 13.3. The van der Waals surface area contributed by atoms with Gasteiger partial charge in [-0.25, -0.2) is 12.8 Å². The summed E-state index contributed by atoms with van der Waals surface area (Å²) in [5, 5.41) is 2.36. The van der Waals surface area contributed by atoms with Crippen molar-refractivity contribution in [3.8, 4) is 0 Å². The Morgan fingerprint density at radius 2 is 1.71 bits per heavy atom. The molecule has 0 atom stereocenters. The summed E-state index contributed by atoms with van der Waals surface area (Å²) in [6.45, 7) is -0.126. The van der Waals surface area contributed by atoms with Crippen molar-refractivity contribution in [2.45, 2.75) is 0 Å². The lowest BCUT2D eigenvalue weighted by Crippen LogP contribution is -2.28. The van der Waals surface area contributed by atoms with Crippen molar-refractivity contribution in [1.82, 2.24) is 0 Å². The van der Waals surface area contributed by atoms with E-state index in [2.05, 4.69) is 5.32 Å². The predicted molar refractivity (Wildman–Crippen MR) is 88.1 cm³/mol. The summed E-state index contributed by atoms with van der Waals surface area (Å²) in [5.41, 5.74) is 0.310. The van der Waals surface area contributed by atoms with Gasteiger partial charge in [-0.3, -0.25) is 4.79 Å². The molecule has 2 aromatic rings. The minimum atomic E-state index is -3.67. The summed E-state index contributed by atoms with van der Waals surface area (Å²) in [7, 11) is -3.67. The second-order valence-electron chi connectivity index (χ2n) is 5.13. The molecule has 0 aliphatic carbocycles. The highest BCUT2D eigenvalue weighted by Crippen LogP contribution is 2.30. The van der Waals surface area contributed by atoms with E-state index in [-0.39, 0.29) is 28.7 Å².